The zero-order chi connectivity index (χ0) is 21.7. The number of hydrogen-bond acceptors (Lipinski definition) is 6. The molecule has 2 aromatic rings. The summed E-state index contributed by atoms with van der Waals surface area (Å²) in [5, 5.41) is 0. The molecule has 1 aliphatic heterocycles. The first-order chi connectivity index (χ1) is 14.4. The van der Waals surface area contributed by atoms with Crippen LogP contribution in [0.5, 0.6) is 11.5 Å². The Labute approximate surface area is 177 Å². The minimum absolute atomic E-state index is 0.0367. The van der Waals surface area contributed by atoms with Gasteiger partial charge in [-0.2, -0.15) is 0 Å². The van der Waals surface area contributed by atoms with Gasteiger partial charge in [-0.05, 0) is 30.3 Å². The lowest BCUT2D eigenvalue weighted by atomic mass is 10.1. The molecule has 1 aliphatic rings. The Balaban J connectivity index is 1.77. The second-order valence-electron chi connectivity index (χ2n) is 6.82. The summed E-state index contributed by atoms with van der Waals surface area (Å²) in [4.78, 5) is 16.9. The van der Waals surface area contributed by atoms with E-state index in [2.05, 4.69) is 9.62 Å². The van der Waals surface area contributed by atoms with Crippen LogP contribution in [-0.2, 0) is 10.0 Å². The summed E-state index contributed by atoms with van der Waals surface area (Å²) in [6, 6.07) is 12.3. The number of methoxy groups -OCH3 is 2. The van der Waals surface area contributed by atoms with Gasteiger partial charge in [0.2, 0.25) is 10.0 Å². The van der Waals surface area contributed by atoms with E-state index >= 15 is 0 Å². The number of nitrogens with one attached hydrogen (secondary N) is 1. The van der Waals surface area contributed by atoms with Crippen molar-refractivity contribution >= 4 is 21.6 Å². The van der Waals surface area contributed by atoms with Gasteiger partial charge >= 0.3 is 0 Å². The molecule has 3 rings (SSSR count). The van der Waals surface area contributed by atoms with Gasteiger partial charge in [0.25, 0.3) is 5.91 Å². The number of benzene rings is 2. The molecule has 9 heteroatoms. The Morgan fingerprint density at radius 1 is 1.00 bits per heavy atom. The molecule has 0 unspecified atom stereocenters. The Morgan fingerprint density at radius 3 is 2.30 bits per heavy atom. The van der Waals surface area contributed by atoms with Crippen LogP contribution >= 0.6 is 0 Å². The molecule has 1 fully saturated rings. The van der Waals surface area contributed by atoms with E-state index in [1.54, 1.807) is 25.0 Å². The molecule has 0 aromatic heterocycles. The number of carbonyl (C=O) groups excluding carboxylic acids is 1. The standard InChI is InChI=1S/C21H27N3O5S/c1-4-22-30(26,27)20-15-16(9-10-19(20)29-3)21(25)24-13-11-23(12-14-24)17-7-5-6-8-18(17)28-2/h5-10,15,22H,4,11-14H2,1-3H3. The molecule has 1 amide bonds. The van der Waals surface area contributed by atoms with Crippen LogP contribution in [0.25, 0.3) is 0 Å². The number of para-hydroxylation sites is 2. The van der Waals surface area contributed by atoms with E-state index in [9.17, 15) is 13.2 Å². The number of piperazine rings is 1. The van der Waals surface area contributed by atoms with Crippen LogP contribution in [-0.4, -0.2) is 66.2 Å². The fourth-order valence-corrected chi connectivity index (χ4v) is 4.75. The fourth-order valence-electron chi connectivity index (χ4n) is 3.51. The van der Waals surface area contributed by atoms with Gasteiger partial charge in [0.1, 0.15) is 16.4 Å². The minimum Gasteiger partial charge on any atom is -0.495 e. The average Bonchev–Trinajstić information content (AvgIpc) is 2.78. The first-order valence-corrected chi connectivity index (χ1v) is 11.2. The third-order valence-electron chi connectivity index (χ3n) is 5.03. The third-order valence-corrected chi connectivity index (χ3v) is 6.59. The van der Waals surface area contributed by atoms with Crippen molar-refractivity contribution in [2.24, 2.45) is 0 Å². The summed E-state index contributed by atoms with van der Waals surface area (Å²) >= 11 is 0. The van der Waals surface area contributed by atoms with Gasteiger partial charge in [-0.1, -0.05) is 19.1 Å². The maximum atomic E-state index is 13.0. The second-order valence-corrected chi connectivity index (χ2v) is 8.55. The van der Waals surface area contributed by atoms with Crippen molar-refractivity contribution in [3.05, 3.63) is 48.0 Å². The van der Waals surface area contributed by atoms with Crippen LogP contribution < -0.4 is 19.1 Å². The van der Waals surface area contributed by atoms with Gasteiger partial charge in [-0.15, -0.1) is 0 Å². The Morgan fingerprint density at radius 2 is 1.67 bits per heavy atom. The molecule has 2 aromatic carbocycles. The summed E-state index contributed by atoms with van der Waals surface area (Å²) in [7, 11) is -0.718. The predicted molar refractivity (Wildman–Crippen MR) is 115 cm³/mol. The van der Waals surface area contributed by atoms with Crippen LogP contribution in [0.2, 0.25) is 0 Å². The molecular formula is C21H27N3O5S. The van der Waals surface area contributed by atoms with Crippen molar-refractivity contribution in [1.29, 1.82) is 0 Å². The number of ether oxygens (including phenoxy) is 2. The van der Waals surface area contributed by atoms with Crippen molar-refractivity contribution in [3.63, 3.8) is 0 Å². The van der Waals surface area contributed by atoms with Gasteiger partial charge in [0.15, 0.2) is 0 Å². The second kappa shape index (κ2) is 9.36. The quantitative estimate of drug-likeness (QED) is 0.718. The molecular weight excluding hydrogens is 406 g/mol. The summed E-state index contributed by atoms with van der Waals surface area (Å²) < 4.78 is 38.0. The van der Waals surface area contributed by atoms with Crippen LogP contribution in [0.1, 0.15) is 17.3 Å². The molecule has 8 nitrogen and oxygen atoms in total. The fraction of sp³-hybridized carbons (Fsp3) is 0.381. The van der Waals surface area contributed by atoms with Gasteiger partial charge in [0, 0.05) is 38.3 Å². The highest BCUT2D eigenvalue weighted by Gasteiger charge is 2.26. The number of carbonyl (C=O) groups is 1. The number of hydrogen-bond donors (Lipinski definition) is 1. The molecule has 0 saturated carbocycles. The van der Waals surface area contributed by atoms with Crippen molar-refractivity contribution in [2.75, 3.05) is 51.8 Å². The third kappa shape index (κ3) is 4.52. The van der Waals surface area contributed by atoms with Crippen molar-refractivity contribution in [2.45, 2.75) is 11.8 Å². The minimum atomic E-state index is -3.76. The largest absolute Gasteiger partial charge is 0.495 e. The molecule has 0 bridgehead atoms. The average molecular weight is 434 g/mol. The van der Waals surface area contributed by atoms with Crippen LogP contribution in [0.15, 0.2) is 47.4 Å². The lowest BCUT2D eigenvalue weighted by Crippen LogP contribution is -2.48. The van der Waals surface area contributed by atoms with Crippen LogP contribution in [0.3, 0.4) is 0 Å². The first-order valence-electron chi connectivity index (χ1n) is 9.76. The highest BCUT2D eigenvalue weighted by Crippen LogP contribution is 2.29. The zero-order valence-corrected chi connectivity index (χ0v) is 18.2. The maximum absolute atomic E-state index is 13.0. The molecule has 0 spiro atoms. The highest BCUT2D eigenvalue weighted by molar-refractivity contribution is 7.89. The van der Waals surface area contributed by atoms with Crippen molar-refractivity contribution in [3.8, 4) is 11.5 Å². The normalized spacial score (nSPS) is 14.5. The van der Waals surface area contributed by atoms with E-state index in [-0.39, 0.29) is 23.1 Å². The van der Waals surface area contributed by atoms with Crippen LogP contribution in [0.4, 0.5) is 5.69 Å². The van der Waals surface area contributed by atoms with E-state index in [1.807, 2.05) is 24.3 Å². The summed E-state index contributed by atoms with van der Waals surface area (Å²) in [6.45, 7) is 4.31. The maximum Gasteiger partial charge on any atom is 0.254 e. The summed E-state index contributed by atoms with van der Waals surface area (Å²) in [6.07, 6.45) is 0. The first kappa shape index (κ1) is 21.9. The molecule has 1 N–H and O–H groups in total. The van der Waals surface area contributed by atoms with Crippen LogP contribution in [0, 0.1) is 0 Å². The molecule has 0 radical (unpaired) electrons. The molecule has 162 valence electrons. The lowest BCUT2D eigenvalue weighted by Gasteiger charge is -2.36. The van der Waals surface area contributed by atoms with Gasteiger partial charge in [-0.3, -0.25) is 4.79 Å². The number of nitrogens with zero attached hydrogens (tertiary/aromatic N) is 2. The molecule has 0 aliphatic carbocycles. The molecule has 1 saturated heterocycles. The van der Waals surface area contributed by atoms with E-state index < -0.39 is 10.0 Å². The van der Waals surface area contributed by atoms with Crippen molar-refractivity contribution < 1.29 is 22.7 Å². The SMILES string of the molecule is CCNS(=O)(=O)c1cc(C(=O)N2CCN(c3ccccc3OC)CC2)ccc1OC. The monoisotopic (exact) mass is 433 g/mol. The summed E-state index contributed by atoms with van der Waals surface area (Å²) in [5.41, 5.74) is 1.31. The topological polar surface area (TPSA) is 88.2 Å². The Bertz CT molecular complexity index is 1000. The predicted octanol–water partition coefficient (Wildman–Crippen LogP) is 1.96. The zero-order valence-electron chi connectivity index (χ0n) is 17.4. The highest BCUT2D eigenvalue weighted by atomic mass is 32.2. The molecule has 1 heterocycles. The number of amides is 1. The van der Waals surface area contributed by atoms with E-state index in [0.29, 0.717) is 31.7 Å². The number of sulfonamides is 1. The smallest absolute Gasteiger partial charge is 0.254 e. The summed E-state index contributed by atoms with van der Waals surface area (Å²) in [5.74, 6) is 0.796. The van der Waals surface area contributed by atoms with E-state index in [0.717, 1.165) is 11.4 Å². The van der Waals surface area contributed by atoms with Gasteiger partial charge < -0.3 is 19.3 Å². The Hall–Kier alpha value is -2.78. The van der Waals surface area contributed by atoms with E-state index in [1.165, 1.54) is 19.2 Å². The Kier molecular flexibility index (Phi) is 6.84. The molecule has 0 atom stereocenters. The molecule has 30 heavy (non-hydrogen) atoms. The lowest BCUT2D eigenvalue weighted by molar-refractivity contribution is 0.0746. The van der Waals surface area contributed by atoms with Gasteiger partial charge in [-0.25, -0.2) is 13.1 Å². The number of rotatable bonds is 7. The van der Waals surface area contributed by atoms with Gasteiger partial charge in [0.05, 0.1) is 19.9 Å². The number of anilines is 1. The van der Waals surface area contributed by atoms with Crippen molar-refractivity contribution in [1.82, 2.24) is 9.62 Å². The van der Waals surface area contributed by atoms with E-state index in [4.69, 9.17) is 9.47 Å².